The first-order chi connectivity index (χ1) is 13.7. The maximum atomic E-state index is 14.4. The molecule has 0 unspecified atom stereocenters. The van der Waals surface area contributed by atoms with Gasteiger partial charge in [-0.15, -0.1) is 0 Å². The van der Waals surface area contributed by atoms with Gasteiger partial charge in [-0.05, 0) is 42.5 Å². The zero-order valence-corrected chi connectivity index (χ0v) is 16.7. The molecule has 0 fully saturated rings. The van der Waals surface area contributed by atoms with Crippen molar-refractivity contribution < 1.29 is 22.0 Å². The van der Waals surface area contributed by atoms with Gasteiger partial charge in [0.25, 0.3) is 15.9 Å². The van der Waals surface area contributed by atoms with E-state index in [0.717, 1.165) is 24.3 Å². The number of nitrogens with one attached hydrogen (secondary N) is 2. The molecule has 150 valence electrons. The summed E-state index contributed by atoms with van der Waals surface area (Å²) in [5.41, 5.74) is -0.560. The van der Waals surface area contributed by atoms with Crippen LogP contribution >= 0.6 is 23.2 Å². The van der Waals surface area contributed by atoms with Crippen LogP contribution in [0.5, 0.6) is 0 Å². The molecule has 0 aliphatic rings. The normalized spacial score (nSPS) is 11.2. The third kappa shape index (κ3) is 4.67. The van der Waals surface area contributed by atoms with E-state index in [2.05, 4.69) is 10.0 Å². The summed E-state index contributed by atoms with van der Waals surface area (Å²) < 4.78 is 55.3. The maximum absolute atomic E-state index is 14.4. The largest absolute Gasteiger partial charge is 0.319 e. The third-order valence-corrected chi connectivity index (χ3v) is 6.00. The van der Waals surface area contributed by atoms with Crippen LogP contribution in [0.3, 0.4) is 0 Å². The second-order valence-corrected chi connectivity index (χ2v) is 8.25. The highest BCUT2D eigenvalue weighted by molar-refractivity contribution is 7.92. The van der Waals surface area contributed by atoms with Crippen molar-refractivity contribution >= 4 is 50.5 Å². The predicted molar refractivity (Wildman–Crippen MR) is 108 cm³/mol. The van der Waals surface area contributed by atoms with Crippen LogP contribution in [0.1, 0.15) is 10.4 Å². The summed E-state index contributed by atoms with van der Waals surface area (Å²) in [7, 11) is -4.18. The average Bonchev–Trinajstić information content (AvgIpc) is 2.67. The van der Waals surface area contributed by atoms with Crippen molar-refractivity contribution in [3.63, 3.8) is 0 Å². The van der Waals surface area contributed by atoms with E-state index >= 15 is 0 Å². The van der Waals surface area contributed by atoms with Gasteiger partial charge >= 0.3 is 0 Å². The molecule has 0 bridgehead atoms. The summed E-state index contributed by atoms with van der Waals surface area (Å²) in [6.45, 7) is 0. The molecule has 3 aromatic rings. The molecule has 0 aromatic heterocycles. The molecule has 5 nitrogen and oxygen atoms in total. The molecule has 3 aromatic carbocycles. The molecule has 3 rings (SSSR count). The Labute approximate surface area is 175 Å². The van der Waals surface area contributed by atoms with Crippen molar-refractivity contribution in [2.24, 2.45) is 0 Å². The third-order valence-electron chi connectivity index (χ3n) is 3.81. The van der Waals surface area contributed by atoms with E-state index in [9.17, 15) is 22.0 Å². The van der Waals surface area contributed by atoms with Crippen molar-refractivity contribution in [3.05, 3.63) is 87.9 Å². The van der Waals surface area contributed by atoms with E-state index in [0.29, 0.717) is 0 Å². The van der Waals surface area contributed by atoms with Crippen molar-refractivity contribution in [2.45, 2.75) is 4.90 Å². The van der Waals surface area contributed by atoms with Crippen LogP contribution in [0, 0.1) is 11.6 Å². The molecule has 29 heavy (non-hydrogen) atoms. The smallest absolute Gasteiger partial charge is 0.262 e. The second kappa shape index (κ2) is 8.36. The Morgan fingerprint density at radius 1 is 0.862 bits per heavy atom. The number of sulfonamides is 1. The Hall–Kier alpha value is -2.68. The molecule has 1 amide bonds. The lowest BCUT2D eigenvalue weighted by Crippen LogP contribution is -2.16. The minimum Gasteiger partial charge on any atom is -0.319 e. The highest BCUT2D eigenvalue weighted by atomic mass is 35.5. The van der Waals surface area contributed by atoms with Gasteiger partial charge in [-0.3, -0.25) is 9.52 Å². The van der Waals surface area contributed by atoms with E-state index in [1.54, 1.807) is 0 Å². The van der Waals surface area contributed by atoms with Crippen LogP contribution in [0.15, 0.2) is 65.6 Å². The van der Waals surface area contributed by atoms with E-state index in [4.69, 9.17) is 23.2 Å². The van der Waals surface area contributed by atoms with Crippen LogP contribution in [0.4, 0.5) is 20.2 Å². The van der Waals surface area contributed by atoms with E-state index in [1.165, 1.54) is 36.4 Å². The van der Waals surface area contributed by atoms with Crippen molar-refractivity contribution in [1.82, 2.24) is 0 Å². The highest BCUT2D eigenvalue weighted by Gasteiger charge is 2.20. The Balaban J connectivity index is 1.84. The minimum atomic E-state index is -4.18. The number of hydrogen-bond donors (Lipinski definition) is 2. The molecule has 10 heteroatoms. The standard InChI is InChI=1S/C19H12Cl2F2N2O3S/c20-13-5-3-7-17(18(13)21)25-29(27,28)11-8-9-16(15(23)10-11)24-19(26)12-4-1-2-6-14(12)22/h1-10,25H,(H,24,26). The first-order valence-electron chi connectivity index (χ1n) is 8.01. The molecule has 0 saturated heterocycles. The average molecular weight is 457 g/mol. The number of benzene rings is 3. The Morgan fingerprint density at radius 3 is 2.28 bits per heavy atom. The zero-order chi connectivity index (χ0) is 21.2. The Kier molecular flexibility index (Phi) is 6.07. The van der Waals surface area contributed by atoms with Gasteiger partial charge in [-0.25, -0.2) is 17.2 Å². The molecular weight excluding hydrogens is 445 g/mol. The summed E-state index contributed by atoms with van der Waals surface area (Å²) in [5, 5.41) is 2.34. The van der Waals surface area contributed by atoms with Crippen molar-refractivity contribution in [2.75, 3.05) is 10.0 Å². The molecule has 0 aliphatic heterocycles. The number of amides is 1. The number of anilines is 2. The topological polar surface area (TPSA) is 75.3 Å². The first-order valence-corrected chi connectivity index (χ1v) is 10.3. The van der Waals surface area contributed by atoms with Gasteiger partial charge in [0.15, 0.2) is 0 Å². The van der Waals surface area contributed by atoms with E-state index in [1.807, 2.05) is 0 Å². The molecule has 0 atom stereocenters. The maximum Gasteiger partial charge on any atom is 0.262 e. The minimum absolute atomic E-state index is 0.00742. The van der Waals surface area contributed by atoms with Crippen LogP contribution in [-0.2, 0) is 10.0 Å². The lowest BCUT2D eigenvalue weighted by atomic mass is 10.2. The van der Waals surface area contributed by atoms with Crippen molar-refractivity contribution in [3.8, 4) is 0 Å². The van der Waals surface area contributed by atoms with Gasteiger partial charge in [-0.1, -0.05) is 41.4 Å². The summed E-state index contributed by atoms with van der Waals surface area (Å²) >= 11 is 11.8. The number of carbonyl (C=O) groups is 1. The molecule has 2 N–H and O–H groups in total. The monoisotopic (exact) mass is 456 g/mol. The van der Waals surface area contributed by atoms with Gasteiger partial charge in [0.2, 0.25) is 0 Å². The Morgan fingerprint density at radius 2 is 1.59 bits per heavy atom. The number of carbonyl (C=O) groups excluding carboxylic acids is 1. The zero-order valence-electron chi connectivity index (χ0n) is 14.4. The lowest BCUT2D eigenvalue weighted by molar-refractivity contribution is 0.102. The van der Waals surface area contributed by atoms with Crippen LogP contribution in [0.25, 0.3) is 0 Å². The SMILES string of the molecule is O=C(Nc1ccc(S(=O)(=O)Nc2cccc(Cl)c2Cl)cc1F)c1ccccc1F. The van der Waals surface area contributed by atoms with E-state index in [-0.39, 0.29) is 27.0 Å². The van der Waals surface area contributed by atoms with Gasteiger partial charge < -0.3 is 5.32 Å². The van der Waals surface area contributed by atoms with Crippen molar-refractivity contribution in [1.29, 1.82) is 0 Å². The molecule has 0 spiro atoms. The molecular formula is C19H12Cl2F2N2O3S. The summed E-state index contributed by atoms with van der Waals surface area (Å²) in [6.07, 6.45) is 0. The lowest BCUT2D eigenvalue weighted by Gasteiger charge is -2.12. The molecule has 0 aliphatic carbocycles. The van der Waals surface area contributed by atoms with Gasteiger partial charge in [0.1, 0.15) is 11.6 Å². The molecule has 0 heterocycles. The summed E-state index contributed by atoms with van der Waals surface area (Å²) in [4.78, 5) is 11.7. The first kappa shape index (κ1) is 21.0. The molecule has 0 radical (unpaired) electrons. The van der Waals surface area contributed by atoms with Gasteiger partial charge in [0, 0.05) is 0 Å². The number of halogens is 4. The fraction of sp³-hybridized carbons (Fsp3) is 0. The number of hydrogen-bond acceptors (Lipinski definition) is 3. The van der Waals surface area contributed by atoms with Gasteiger partial charge in [0.05, 0.1) is 31.9 Å². The quantitative estimate of drug-likeness (QED) is 0.544. The fourth-order valence-electron chi connectivity index (χ4n) is 2.39. The fourth-order valence-corrected chi connectivity index (χ4v) is 3.87. The van der Waals surface area contributed by atoms with Crippen LogP contribution < -0.4 is 10.0 Å². The van der Waals surface area contributed by atoms with E-state index < -0.39 is 32.5 Å². The second-order valence-electron chi connectivity index (χ2n) is 5.78. The van der Waals surface area contributed by atoms with Gasteiger partial charge in [-0.2, -0.15) is 0 Å². The van der Waals surface area contributed by atoms with Crippen LogP contribution in [0.2, 0.25) is 10.0 Å². The Bertz CT molecular complexity index is 1200. The van der Waals surface area contributed by atoms with Crippen LogP contribution in [-0.4, -0.2) is 14.3 Å². The summed E-state index contributed by atoms with van der Waals surface area (Å²) in [5.74, 6) is -2.66. The number of rotatable bonds is 5. The summed E-state index contributed by atoms with van der Waals surface area (Å²) in [6, 6.07) is 12.4. The molecule has 0 saturated carbocycles. The predicted octanol–water partition coefficient (Wildman–Crippen LogP) is 5.32. The highest BCUT2D eigenvalue weighted by Crippen LogP contribution is 2.31.